The van der Waals surface area contributed by atoms with Gasteiger partial charge in [0.1, 0.15) is 12.4 Å². The van der Waals surface area contributed by atoms with E-state index in [2.05, 4.69) is 28.0 Å². The molecule has 0 saturated carbocycles. The van der Waals surface area contributed by atoms with Crippen molar-refractivity contribution in [2.24, 2.45) is 0 Å². The first-order chi connectivity index (χ1) is 14.7. The summed E-state index contributed by atoms with van der Waals surface area (Å²) in [6.45, 7) is 3.52. The van der Waals surface area contributed by atoms with E-state index in [0.717, 1.165) is 0 Å². The highest BCUT2D eigenvalue weighted by molar-refractivity contribution is 5.66. The number of aryl methyl sites for hydroxylation is 1. The van der Waals surface area contributed by atoms with Crippen LogP contribution in [0.2, 0.25) is 0 Å². The van der Waals surface area contributed by atoms with Gasteiger partial charge in [0.2, 0.25) is 6.33 Å². The summed E-state index contributed by atoms with van der Waals surface area (Å²) in [5, 5.41) is 20.1. The second-order valence-electron chi connectivity index (χ2n) is 8.07. The van der Waals surface area contributed by atoms with Crippen LogP contribution in [0.1, 0.15) is 103 Å². The predicted octanol–water partition coefficient (Wildman–Crippen LogP) is 3.49. The number of hydrogen-bond acceptors (Lipinski definition) is 4. The standard InChI is InChI=1S/C20H38N2.C4H9NO3/c1-2-3-4-5-6-7-8-9-10-11-12-13-14-15-16-18-22-19-17-21-20-22;6-2-1-5-3-4(7)8/h17,19-20H,2-16,18H2,1H3;5-6H,1-3H2,(H,7,8). The normalized spacial score (nSPS) is 10.6. The molecule has 1 heterocycles. The summed E-state index contributed by atoms with van der Waals surface area (Å²) >= 11 is 0. The third kappa shape index (κ3) is 22.9. The molecule has 1 aromatic rings. The molecule has 0 radical (unpaired) electrons. The highest BCUT2D eigenvalue weighted by Gasteiger charge is 1.97. The summed E-state index contributed by atoms with van der Waals surface area (Å²) < 4.78 is 2.24. The van der Waals surface area contributed by atoms with Gasteiger partial charge in [0.15, 0.2) is 0 Å². The van der Waals surface area contributed by atoms with Crippen LogP contribution in [0.4, 0.5) is 0 Å². The third-order valence-electron chi connectivity index (χ3n) is 5.18. The number of carbonyl (C=O) groups is 1. The van der Waals surface area contributed by atoms with Crippen LogP contribution in [0.3, 0.4) is 0 Å². The Morgan fingerprint density at radius 3 is 1.80 bits per heavy atom. The van der Waals surface area contributed by atoms with Crippen molar-refractivity contribution in [1.29, 1.82) is 0 Å². The topological polar surface area (TPSA) is 92.1 Å². The number of carboxylic acid groups (broad SMARTS) is 1. The Morgan fingerprint density at radius 2 is 1.40 bits per heavy atom. The van der Waals surface area contributed by atoms with Crippen molar-refractivity contribution in [3.05, 3.63) is 18.7 Å². The van der Waals surface area contributed by atoms with Gasteiger partial charge in [-0.1, -0.05) is 90.4 Å². The maximum atomic E-state index is 9.62. The third-order valence-corrected chi connectivity index (χ3v) is 5.18. The maximum Gasteiger partial charge on any atom is 0.241 e. The molecule has 0 aliphatic heterocycles. The van der Waals surface area contributed by atoms with Gasteiger partial charge < -0.3 is 20.3 Å². The number of unbranched alkanes of at least 4 members (excludes halogenated alkanes) is 14. The van der Waals surface area contributed by atoms with Crippen molar-refractivity contribution in [2.45, 2.75) is 110 Å². The number of carbonyl (C=O) groups excluding carboxylic acids is 1. The number of imidazole rings is 1. The van der Waals surface area contributed by atoms with E-state index < -0.39 is 5.97 Å². The number of aromatic nitrogens is 2. The largest absolute Gasteiger partial charge is 0.549 e. The number of nitrogens with one attached hydrogen (secondary N) is 2. The van der Waals surface area contributed by atoms with Gasteiger partial charge in [-0.2, -0.15) is 0 Å². The minimum Gasteiger partial charge on any atom is -0.549 e. The van der Waals surface area contributed by atoms with E-state index >= 15 is 0 Å². The average molecular weight is 426 g/mol. The van der Waals surface area contributed by atoms with Crippen molar-refractivity contribution in [3.8, 4) is 0 Å². The number of aliphatic hydroxyl groups is 1. The average Bonchev–Trinajstić information content (AvgIpc) is 3.25. The van der Waals surface area contributed by atoms with Gasteiger partial charge in [0.25, 0.3) is 0 Å². The van der Waals surface area contributed by atoms with Gasteiger partial charge in [-0.05, 0) is 12.8 Å². The second kappa shape index (κ2) is 23.9. The zero-order valence-electron chi connectivity index (χ0n) is 19.4. The number of hydrogen-bond donors (Lipinski definition) is 3. The first kappa shape index (κ1) is 28.6. The summed E-state index contributed by atoms with van der Waals surface area (Å²) in [5.41, 5.74) is 0. The zero-order valence-corrected chi connectivity index (χ0v) is 19.4. The van der Waals surface area contributed by atoms with Gasteiger partial charge in [0.05, 0.1) is 19.1 Å². The Labute approximate surface area is 184 Å². The molecule has 0 bridgehead atoms. The first-order valence-electron chi connectivity index (χ1n) is 12.2. The molecule has 1 aromatic heterocycles. The number of aliphatic hydroxyl groups excluding tert-OH is 1. The van der Waals surface area contributed by atoms with Crippen LogP contribution in [0.5, 0.6) is 0 Å². The van der Waals surface area contributed by atoms with Crippen LogP contribution in [0.25, 0.3) is 0 Å². The molecule has 0 saturated heterocycles. The molecule has 0 aromatic carbocycles. The van der Waals surface area contributed by atoms with Crippen molar-refractivity contribution >= 4 is 5.97 Å². The molecule has 0 amide bonds. The summed E-state index contributed by atoms with van der Waals surface area (Å²) in [6.07, 6.45) is 27.7. The summed E-state index contributed by atoms with van der Waals surface area (Å²) in [5.74, 6) is -1.15. The van der Waals surface area contributed by atoms with E-state index in [9.17, 15) is 9.90 Å². The monoisotopic (exact) mass is 425 g/mol. The fourth-order valence-electron chi connectivity index (χ4n) is 3.39. The minimum absolute atomic E-state index is 0.0483. The van der Waals surface area contributed by atoms with Gasteiger partial charge in [-0.15, -0.1) is 0 Å². The molecule has 0 aliphatic carbocycles. The number of rotatable bonds is 20. The molecule has 3 N–H and O–H groups in total. The molecule has 176 valence electrons. The molecule has 0 fully saturated rings. The van der Waals surface area contributed by atoms with Crippen molar-refractivity contribution in [2.75, 3.05) is 19.7 Å². The van der Waals surface area contributed by atoms with Crippen LogP contribution in [-0.4, -0.2) is 35.8 Å². The molecule has 6 heteroatoms. The van der Waals surface area contributed by atoms with Crippen LogP contribution in [0.15, 0.2) is 18.7 Å². The summed E-state index contributed by atoms with van der Waals surface area (Å²) in [6, 6.07) is 0. The molecular weight excluding hydrogens is 378 g/mol. The first-order valence-corrected chi connectivity index (χ1v) is 12.2. The van der Waals surface area contributed by atoms with Crippen molar-refractivity contribution in [1.82, 2.24) is 10.3 Å². The SMILES string of the molecule is CCCCCCCCCCCCCCCCC[n+]1cc[nH]c1.O=C([O-])CNCCO. The quantitative estimate of drug-likeness (QED) is 0.220. The summed E-state index contributed by atoms with van der Waals surface area (Å²) in [7, 11) is 0. The van der Waals surface area contributed by atoms with E-state index in [4.69, 9.17) is 5.11 Å². The number of aliphatic carboxylic acids is 1. The van der Waals surface area contributed by atoms with Crippen LogP contribution in [0, 0.1) is 0 Å². The second-order valence-corrected chi connectivity index (χ2v) is 8.07. The summed E-state index contributed by atoms with van der Waals surface area (Å²) in [4.78, 5) is 12.7. The molecular formula is C24H47N3O3. The van der Waals surface area contributed by atoms with E-state index in [1.54, 1.807) is 0 Å². The Bertz CT molecular complexity index is 453. The van der Waals surface area contributed by atoms with E-state index in [0.29, 0.717) is 6.54 Å². The smallest absolute Gasteiger partial charge is 0.241 e. The molecule has 6 nitrogen and oxygen atoms in total. The van der Waals surface area contributed by atoms with E-state index in [1.165, 1.54) is 103 Å². The molecule has 0 spiro atoms. The molecule has 0 unspecified atom stereocenters. The Balaban J connectivity index is 0.000000890. The lowest BCUT2D eigenvalue weighted by Gasteiger charge is -2.03. The van der Waals surface area contributed by atoms with Gasteiger partial charge >= 0.3 is 0 Å². The fourth-order valence-corrected chi connectivity index (χ4v) is 3.39. The van der Waals surface area contributed by atoms with Crippen molar-refractivity contribution < 1.29 is 19.6 Å². The number of H-pyrrole nitrogens is 1. The molecule has 1 rings (SSSR count). The molecule has 0 aliphatic rings. The van der Waals surface area contributed by atoms with Crippen LogP contribution < -0.4 is 15.0 Å². The number of nitrogens with zero attached hydrogens (tertiary/aromatic N) is 1. The Morgan fingerprint density at radius 1 is 0.900 bits per heavy atom. The maximum absolute atomic E-state index is 9.62. The van der Waals surface area contributed by atoms with E-state index in [1.807, 2.05) is 12.5 Å². The lowest BCUT2D eigenvalue weighted by atomic mass is 10.0. The molecule has 0 atom stereocenters. The number of carboxylic acids is 1. The van der Waals surface area contributed by atoms with Crippen LogP contribution in [-0.2, 0) is 11.3 Å². The van der Waals surface area contributed by atoms with Gasteiger partial charge in [-0.25, -0.2) is 4.57 Å². The van der Waals surface area contributed by atoms with E-state index in [-0.39, 0.29) is 13.2 Å². The molecule has 30 heavy (non-hydrogen) atoms. The van der Waals surface area contributed by atoms with Crippen molar-refractivity contribution in [3.63, 3.8) is 0 Å². The highest BCUT2D eigenvalue weighted by Crippen LogP contribution is 2.13. The fraction of sp³-hybridized carbons (Fsp3) is 0.833. The lowest BCUT2D eigenvalue weighted by Crippen LogP contribution is -2.35. The zero-order chi connectivity index (χ0) is 22.1. The van der Waals surface area contributed by atoms with Gasteiger partial charge in [-0.3, -0.25) is 4.98 Å². The Kier molecular flexibility index (Phi) is 22.8. The Hall–Kier alpha value is -1.40. The van der Waals surface area contributed by atoms with Gasteiger partial charge in [0, 0.05) is 13.1 Å². The predicted molar refractivity (Wildman–Crippen MR) is 121 cm³/mol. The highest BCUT2D eigenvalue weighted by atomic mass is 16.4. The van der Waals surface area contributed by atoms with Crippen LogP contribution >= 0.6 is 0 Å². The number of aromatic amines is 1. The lowest BCUT2D eigenvalue weighted by molar-refractivity contribution is -0.696. The minimum atomic E-state index is -1.15.